The van der Waals surface area contributed by atoms with Gasteiger partial charge in [-0.1, -0.05) is 58.4 Å². The summed E-state index contributed by atoms with van der Waals surface area (Å²) in [6, 6.07) is 0. The van der Waals surface area contributed by atoms with Crippen molar-refractivity contribution in [3.05, 3.63) is 23.8 Å². The van der Waals surface area contributed by atoms with Crippen LogP contribution in [0.2, 0.25) is 0 Å². The highest BCUT2D eigenvalue weighted by molar-refractivity contribution is 5.34. The first-order valence-corrected chi connectivity index (χ1v) is 14.2. The van der Waals surface area contributed by atoms with Gasteiger partial charge in [0.25, 0.3) is 0 Å². The Morgan fingerprint density at radius 3 is 2.46 bits per heavy atom. The highest BCUT2D eigenvalue weighted by atomic mass is 16.7. The number of methoxy groups -OCH3 is 1. The van der Waals surface area contributed by atoms with E-state index in [9.17, 15) is 10.2 Å². The van der Waals surface area contributed by atoms with E-state index in [1.54, 1.807) is 0 Å². The molecule has 2 bridgehead atoms. The molecule has 4 heteroatoms. The van der Waals surface area contributed by atoms with Crippen LogP contribution in [0.3, 0.4) is 0 Å². The minimum atomic E-state index is -0.453. The van der Waals surface area contributed by atoms with Crippen molar-refractivity contribution in [1.29, 1.82) is 0 Å². The number of rotatable bonds is 5. The van der Waals surface area contributed by atoms with Gasteiger partial charge in [0.1, 0.15) is 5.60 Å². The molecule has 1 spiro atoms. The fourth-order valence-corrected chi connectivity index (χ4v) is 10.5. The standard InChI is InChI=1S/C31H50O4/c1-19(2)17-21(32)18-20(3)22-11-13-29(7)23-12-14-31-24(9-10-25(33)27(31,4)5)30(23,26(34-8)35-31)16-15-28(22,29)6/h12,14,17,20-26,32-33H,9-11,13,15-16,18H2,1-8H3/t20-,21?,22?,23?,24+,25?,26-,28?,29+,30?,31?/m1/s1. The first-order chi connectivity index (χ1) is 16.3. The van der Waals surface area contributed by atoms with E-state index in [2.05, 4.69) is 60.6 Å². The first kappa shape index (κ1) is 25.9. The Hall–Kier alpha value is -0.680. The molecule has 4 aliphatic carbocycles. The predicted octanol–water partition coefficient (Wildman–Crippen LogP) is 6.27. The van der Waals surface area contributed by atoms with Crippen LogP contribution < -0.4 is 0 Å². The summed E-state index contributed by atoms with van der Waals surface area (Å²) >= 11 is 0. The summed E-state index contributed by atoms with van der Waals surface area (Å²) in [6.07, 6.45) is 13.4. The molecule has 5 rings (SSSR count). The molecule has 7 unspecified atom stereocenters. The van der Waals surface area contributed by atoms with E-state index >= 15 is 0 Å². The average molecular weight is 487 g/mol. The van der Waals surface area contributed by atoms with E-state index in [1.807, 2.05) is 13.2 Å². The predicted molar refractivity (Wildman–Crippen MR) is 140 cm³/mol. The van der Waals surface area contributed by atoms with Gasteiger partial charge in [0.05, 0.1) is 12.2 Å². The lowest BCUT2D eigenvalue weighted by molar-refractivity contribution is -0.225. The lowest BCUT2D eigenvalue weighted by Gasteiger charge is -2.65. The lowest BCUT2D eigenvalue weighted by Crippen LogP contribution is -2.65. The second kappa shape index (κ2) is 8.16. The van der Waals surface area contributed by atoms with Crippen molar-refractivity contribution in [1.82, 2.24) is 0 Å². The maximum atomic E-state index is 11.0. The minimum Gasteiger partial charge on any atom is -0.392 e. The lowest BCUT2D eigenvalue weighted by atomic mass is 9.38. The highest BCUT2D eigenvalue weighted by Gasteiger charge is 2.78. The fourth-order valence-electron chi connectivity index (χ4n) is 10.5. The molecule has 2 N–H and O–H groups in total. The third-order valence-corrected chi connectivity index (χ3v) is 12.5. The topological polar surface area (TPSA) is 58.9 Å². The summed E-state index contributed by atoms with van der Waals surface area (Å²) in [7, 11) is 1.82. The van der Waals surface area contributed by atoms with E-state index in [0.717, 1.165) is 25.7 Å². The van der Waals surface area contributed by atoms with Crippen molar-refractivity contribution in [2.75, 3.05) is 7.11 Å². The molecule has 1 heterocycles. The van der Waals surface area contributed by atoms with Gasteiger partial charge in [0, 0.05) is 23.9 Å². The number of aliphatic hydroxyl groups is 2. The van der Waals surface area contributed by atoms with Gasteiger partial charge in [-0.15, -0.1) is 0 Å². The summed E-state index contributed by atoms with van der Waals surface area (Å²) in [5.74, 6) is 1.88. The Labute approximate surface area is 213 Å². The molecule has 0 amide bonds. The normalized spacial score (nSPS) is 51.2. The molecule has 198 valence electrons. The second-order valence-corrected chi connectivity index (χ2v) is 14.3. The van der Waals surface area contributed by atoms with Crippen LogP contribution >= 0.6 is 0 Å². The van der Waals surface area contributed by atoms with Gasteiger partial charge in [0.15, 0.2) is 6.29 Å². The van der Waals surface area contributed by atoms with E-state index in [0.29, 0.717) is 23.7 Å². The van der Waals surface area contributed by atoms with Gasteiger partial charge >= 0.3 is 0 Å². The molecule has 11 atom stereocenters. The Balaban J connectivity index is 1.53. The molecule has 1 aliphatic heterocycles. The maximum absolute atomic E-state index is 11.0. The number of allylic oxidation sites excluding steroid dienone is 2. The number of aliphatic hydroxyl groups excluding tert-OH is 2. The molecule has 5 aliphatic rings. The van der Waals surface area contributed by atoms with Crippen LogP contribution in [0, 0.1) is 45.3 Å². The molecule has 4 nitrogen and oxygen atoms in total. The Bertz CT molecular complexity index is 904. The zero-order valence-electron chi connectivity index (χ0n) is 23.4. The molecular weight excluding hydrogens is 436 g/mol. The van der Waals surface area contributed by atoms with Gasteiger partial charge < -0.3 is 19.7 Å². The Kier molecular flexibility index (Phi) is 6.05. The Morgan fingerprint density at radius 2 is 1.80 bits per heavy atom. The second-order valence-electron chi connectivity index (χ2n) is 14.3. The zero-order chi connectivity index (χ0) is 25.6. The SMILES string of the molecule is CO[C@@H]1OC23C=CC4C1(CCC1(C)C([C@H](C)CC(O)C=C(C)C)CC[C@@]41C)[C@@H]2CCC(O)C3(C)C. The molecule has 3 saturated carbocycles. The van der Waals surface area contributed by atoms with Crippen molar-refractivity contribution in [3.8, 4) is 0 Å². The molecule has 4 fully saturated rings. The summed E-state index contributed by atoms with van der Waals surface area (Å²) < 4.78 is 13.2. The van der Waals surface area contributed by atoms with Gasteiger partial charge in [0.2, 0.25) is 0 Å². The van der Waals surface area contributed by atoms with E-state index in [-0.39, 0.29) is 40.2 Å². The third kappa shape index (κ3) is 3.12. The molecular formula is C31H50O4. The third-order valence-electron chi connectivity index (χ3n) is 12.5. The van der Waals surface area contributed by atoms with E-state index < -0.39 is 5.60 Å². The smallest absolute Gasteiger partial charge is 0.164 e. The van der Waals surface area contributed by atoms with Crippen LogP contribution in [0.1, 0.15) is 93.4 Å². The number of hydrogen-bond acceptors (Lipinski definition) is 4. The summed E-state index contributed by atoms with van der Waals surface area (Å²) in [6.45, 7) is 16.0. The minimum absolute atomic E-state index is 0.0329. The Morgan fingerprint density at radius 1 is 1.09 bits per heavy atom. The first-order valence-electron chi connectivity index (χ1n) is 14.2. The molecule has 35 heavy (non-hydrogen) atoms. The maximum Gasteiger partial charge on any atom is 0.164 e. The number of ether oxygens (including phenoxy) is 2. The molecule has 0 aromatic rings. The van der Waals surface area contributed by atoms with E-state index in [4.69, 9.17) is 9.47 Å². The zero-order valence-corrected chi connectivity index (χ0v) is 23.4. The number of hydrogen-bond donors (Lipinski definition) is 2. The van der Waals surface area contributed by atoms with Gasteiger partial charge in [-0.05, 0) is 87.4 Å². The molecule has 1 saturated heterocycles. The van der Waals surface area contributed by atoms with Crippen LogP contribution in [0.5, 0.6) is 0 Å². The largest absolute Gasteiger partial charge is 0.392 e. The summed E-state index contributed by atoms with van der Waals surface area (Å²) in [4.78, 5) is 0. The fraction of sp³-hybridized carbons (Fsp3) is 0.871. The number of fused-ring (bicyclic) bond motifs is 2. The van der Waals surface area contributed by atoms with Crippen molar-refractivity contribution in [2.24, 2.45) is 45.3 Å². The van der Waals surface area contributed by atoms with E-state index in [1.165, 1.54) is 24.8 Å². The van der Waals surface area contributed by atoms with Crippen LogP contribution in [0.25, 0.3) is 0 Å². The van der Waals surface area contributed by atoms with Crippen LogP contribution in [-0.2, 0) is 9.47 Å². The van der Waals surface area contributed by atoms with Crippen molar-refractivity contribution in [3.63, 3.8) is 0 Å². The quantitative estimate of drug-likeness (QED) is 0.450. The van der Waals surface area contributed by atoms with Gasteiger partial charge in [-0.2, -0.15) is 0 Å². The molecule has 0 aromatic carbocycles. The highest BCUT2D eigenvalue weighted by Crippen LogP contribution is 2.78. The average Bonchev–Trinajstić information content (AvgIpc) is 3.14. The van der Waals surface area contributed by atoms with Crippen molar-refractivity contribution < 1.29 is 19.7 Å². The summed E-state index contributed by atoms with van der Waals surface area (Å²) in [5.41, 5.74) is 0.754. The monoisotopic (exact) mass is 486 g/mol. The molecule has 0 radical (unpaired) electrons. The van der Waals surface area contributed by atoms with Crippen molar-refractivity contribution in [2.45, 2.75) is 118 Å². The molecule has 0 aromatic heterocycles. The van der Waals surface area contributed by atoms with Crippen LogP contribution in [0.4, 0.5) is 0 Å². The van der Waals surface area contributed by atoms with Crippen LogP contribution in [-0.4, -0.2) is 41.4 Å². The summed E-state index contributed by atoms with van der Waals surface area (Å²) in [5, 5.41) is 21.7. The van der Waals surface area contributed by atoms with Gasteiger partial charge in [-0.25, -0.2) is 0 Å². The van der Waals surface area contributed by atoms with Crippen molar-refractivity contribution >= 4 is 0 Å². The van der Waals surface area contributed by atoms with Crippen LogP contribution in [0.15, 0.2) is 23.8 Å². The van der Waals surface area contributed by atoms with Gasteiger partial charge in [-0.3, -0.25) is 0 Å².